The lowest BCUT2D eigenvalue weighted by Crippen LogP contribution is -2.36. The summed E-state index contributed by atoms with van der Waals surface area (Å²) in [7, 11) is 0. The number of morpholine rings is 1. The normalized spacial score (nSPS) is 18.4. The van der Waals surface area contributed by atoms with E-state index in [1.807, 2.05) is 24.3 Å². The van der Waals surface area contributed by atoms with Crippen LogP contribution in [0.25, 0.3) is 11.1 Å². The van der Waals surface area contributed by atoms with Crippen molar-refractivity contribution in [3.8, 4) is 28.5 Å². The minimum absolute atomic E-state index is 0.159. The number of carbonyl (C=O) groups excluding carboxylic acids is 1. The van der Waals surface area contributed by atoms with Gasteiger partial charge in [-0.15, -0.1) is 0 Å². The number of hydrogen-bond acceptors (Lipinski definition) is 9. The van der Waals surface area contributed by atoms with Crippen molar-refractivity contribution in [1.82, 2.24) is 4.98 Å². The van der Waals surface area contributed by atoms with Crippen LogP contribution in [-0.4, -0.2) is 76.5 Å². The number of amides is 1. The molecule has 4 heterocycles. The second-order valence-corrected chi connectivity index (χ2v) is 10.5. The highest BCUT2D eigenvalue weighted by Crippen LogP contribution is 2.33. The number of carbonyl (C=O) groups is 1. The Hall–Kier alpha value is -3.86. The summed E-state index contributed by atoms with van der Waals surface area (Å²) < 4.78 is 34.4. The van der Waals surface area contributed by atoms with Gasteiger partial charge in [0.1, 0.15) is 25.6 Å². The first-order valence-corrected chi connectivity index (χ1v) is 14.7. The predicted molar refractivity (Wildman–Crippen MR) is 158 cm³/mol. The molecule has 1 amide bonds. The van der Waals surface area contributed by atoms with Crippen molar-refractivity contribution in [3.63, 3.8) is 0 Å². The Balaban J connectivity index is 1.20. The molecule has 0 spiro atoms. The molecule has 3 aliphatic rings. The number of benzene rings is 2. The highest BCUT2D eigenvalue weighted by Gasteiger charge is 2.19. The van der Waals surface area contributed by atoms with Crippen molar-refractivity contribution in [2.75, 3.05) is 69.6 Å². The van der Waals surface area contributed by atoms with E-state index in [0.717, 1.165) is 61.5 Å². The molecule has 2 aromatic carbocycles. The Labute approximate surface area is 245 Å². The molecule has 0 saturated carbocycles. The zero-order chi connectivity index (χ0) is 28.7. The molecule has 6 rings (SSSR count). The van der Waals surface area contributed by atoms with Gasteiger partial charge in [0.05, 0.1) is 19.8 Å². The van der Waals surface area contributed by atoms with E-state index in [1.165, 1.54) is 0 Å². The van der Waals surface area contributed by atoms with E-state index in [1.54, 1.807) is 18.2 Å². The van der Waals surface area contributed by atoms with Crippen LogP contribution >= 0.6 is 0 Å². The van der Waals surface area contributed by atoms with Crippen LogP contribution in [0.3, 0.4) is 0 Å². The van der Waals surface area contributed by atoms with E-state index in [9.17, 15) is 4.79 Å². The van der Waals surface area contributed by atoms with Gasteiger partial charge in [-0.05, 0) is 79.3 Å². The van der Waals surface area contributed by atoms with Crippen molar-refractivity contribution >= 4 is 17.4 Å². The van der Waals surface area contributed by atoms with Gasteiger partial charge in [0, 0.05) is 37.0 Å². The van der Waals surface area contributed by atoms with E-state index in [-0.39, 0.29) is 12.2 Å². The summed E-state index contributed by atoms with van der Waals surface area (Å²) in [6, 6.07) is 15.1. The summed E-state index contributed by atoms with van der Waals surface area (Å²) in [5.74, 6) is 2.35. The van der Waals surface area contributed by atoms with Gasteiger partial charge in [0.15, 0.2) is 17.8 Å². The monoisotopic (exact) mass is 575 g/mol. The van der Waals surface area contributed by atoms with Crippen LogP contribution < -0.4 is 24.4 Å². The molecule has 2 saturated heterocycles. The lowest BCUT2D eigenvalue weighted by atomic mass is 10.00. The molecule has 0 bridgehead atoms. The SMILES string of the molecule is Cc1ccc(NC(=O)c2ccc3c(c2)OCCO3)cc1-c1cc(OCCOC2CCCCO2)nc(N2CCOCC2)c1. The molecule has 42 heavy (non-hydrogen) atoms. The first kappa shape index (κ1) is 28.3. The molecule has 0 aliphatic carbocycles. The molecule has 10 heteroatoms. The maximum Gasteiger partial charge on any atom is 0.255 e. The summed E-state index contributed by atoms with van der Waals surface area (Å²) in [5, 5.41) is 3.03. The van der Waals surface area contributed by atoms with Gasteiger partial charge in [0.2, 0.25) is 5.88 Å². The smallest absolute Gasteiger partial charge is 0.255 e. The van der Waals surface area contributed by atoms with Gasteiger partial charge in [-0.25, -0.2) is 0 Å². The average molecular weight is 576 g/mol. The number of aromatic nitrogens is 1. The molecule has 1 atom stereocenters. The molecular formula is C32H37N3O7. The second-order valence-electron chi connectivity index (χ2n) is 10.5. The van der Waals surface area contributed by atoms with Crippen LogP contribution in [0.5, 0.6) is 17.4 Å². The van der Waals surface area contributed by atoms with Crippen molar-refractivity contribution in [1.29, 1.82) is 0 Å². The average Bonchev–Trinajstić information content (AvgIpc) is 3.04. The minimum atomic E-state index is -0.225. The molecule has 3 aromatic rings. The third-order valence-corrected chi connectivity index (χ3v) is 7.51. The fourth-order valence-corrected chi connectivity index (χ4v) is 5.24. The molecule has 1 N–H and O–H groups in total. The maximum absolute atomic E-state index is 13.1. The molecule has 10 nitrogen and oxygen atoms in total. The summed E-state index contributed by atoms with van der Waals surface area (Å²) >= 11 is 0. The molecule has 0 radical (unpaired) electrons. The Morgan fingerprint density at radius 1 is 0.952 bits per heavy atom. The van der Waals surface area contributed by atoms with E-state index < -0.39 is 0 Å². The minimum Gasteiger partial charge on any atom is -0.486 e. The van der Waals surface area contributed by atoms with Crippen LogP contribution in [0.15, 0.2) is 48.5 Å². The quantitative estimate of drug-likeness (QED) is 0.359. The summed E-state index contributed by atoms with van der Waals surface area (Å²) in [5.41, 5.74) is 4.17. The Bertz CT molecular complexity index is 1390. The second kappa shape index (κ2) is 13.4. The lowest BCUT2D eigenvalue weighted by molar-refractivity contribution is -0.165. The van der Waals surface area contributed by atoms with Gasteiger partial charge in [-0.3, -0.25) is 4.79 Å². The van der Waals surface area contributed by atoms with Gasteiger partial charge in [0.25, 0.3) is 5.91 Å². The first-order valence-electron chi connectivity index (χ1n) is 14.7. The summed E-state index contributed by atoms with van der Waals surface area (Å²) in [6.07, 6.45) is 2.96. The van der Waals surface area contributed by atoms with Crippen molar-refractivity contribution < 1.29 is 33.2 Å². The highest BCUT2D eigenvalue weighted by atomic mass is 16.7. The lowest BCUT2D eigenvalue weighted by Gasteiger charge is -2.28. The first-order chi connectivity index (χ1) is 20.6. The third-order valence-electron chi connectivity index (χ3n) is 7.51. The summed E-state index contributed by atoms with van der Waals surface area (Å²) in [6.45, 7) is 7.35. The fourth-order valence-electron chi connectivity index (χ4n) is 5.24. The van der Waals surface area contributed by atoms with E-state index in [0.29, 0.717) is 68.3 Å². The Morgan fingerprint density at radius 3 is 2.64 bits per heavy atom. The standard InChI is InChI=1S/C32H37N3O7/c1-22-5-7-25(33-32(36)23-6-8-27-28(18-23)39-15-14-38-27)21-26(22)24-19-29(35-9-12-37-13-10-35)34-30(20-24)40-16-17-42-31-4-2-3-11-41-31/h5-8,18-21,31H,2-4,9-17H2,1H3,(H,33,36). The van der Waals surface area contributed by atoms with Crippen LogP contribution in [-0.2, 0) is 14.2 Å². The van der Waals surface area contributed by atoms with E-state index in [4.69, 9.17) is 33.4 Å². The summed E-state index contributed by atoms with van der Waals surface area (Å²) in [4.78, 5) is 20.1. The maximum atomic E-state index is 13.1. The molecule has 2 fully saturated rings. The number of hydrogen-bond donors (Lipinski definition) is 1. The molecule has 3 aliphatic heterocycles. The predicted octanol–water partition coefficient (Wildman–Crippen LogP) is 4.84. The fraction of sp³-hybridized carbons (Fsp3) is 0.438. The number of fused-ring (bicyclic) bond motifs is 1. The van der Waals surface area contributed by atoms with Crippen LogP contribution in [0.1, 0.15) is 35.2 Å². The van der Waals surface area contributed by atoms with Crippen molar-refractivity contribution in [2.45, 2.75) is 32.5 Å². The molecular weight excluding hydrogens is 538 g/mol. The Morgan fingerprint density at radius 2 is 1.81 bits per heavy atom. The van der Waals surface area contributed by atoms with Crippen molar-refractivity contribution in [2.24, 2.45) is 0 Å². The number of nitrogens with zero attached hydrogens (tertiary/aromatic N) is 2. The Kier molecular flexibility index (Phi) is 9.03. The number of rotatable bonds is 9. The van der Waals surface area contributed by atoms with Gasteiger partial charge in [-0.1, -0.05) is 6.07 Å². The van der Waals surface area contributed by atoms with E-state index in [2.05, 4.69) is 23.2 Å². The largest absolute Gasteiger partial charge is 0.486 e. The van der Waals surface area contributed by atoms with Crippen molar-refractivity contribution in [3.05, 3.63) is 59.7 Å². The third kappa shape index (κ3) is 6.95. The number of anilines is 2. The van der Waals surface area contributed by atoms with Crippen LogP contribution in [0.2, 0.25) is 0 Å². The van der Waals surface area contributed by atoms with Gasteiger partial charge >= 0.3 is 0 Å². The number of nitrogens with one attached hydrogen (secondary N) is 1. The van der Waals surface area contributed by atoms with Gasteiger partial charge < -0.3 is 38.6 Å². The van der Waals surface area contributed by atoms with Crippen LogP contribution in [0.4, 0.5) is 11.5 Å². The zero-order valence-electron chi connectivity index (χ0n) is 23.9. The van der Waals surface area contributed by atoms with Crippen LogP contribution in [0, 0.1) is 6.92 Å². The number of ether oxygens (including phenoxy) is 6. The number of aryl methyl sites for hydroxylation is 1. The number of pyridine rings is 1. The molecule has 222 valence electrons. The zero-order valence-corrected chi connectivity index (χ0v) is 23.9. The van der Waals surface area contributed by atoms with E-state index >= 15 is 0 Å². The van der Waals surface area contributed by atoms with Gasteiger partial charge in [-0.2, -0.15) is 4.98 Å². The molecule has 1 aromatic heterocycles. The molecule has 1 unspecified atom stereocenters. The topological polar surface area (TPSA) is 101 Å². The highest BCUT2D eigenvalue weighted by molar-refractivity contribution is 6.05.